The van der Waals surface area contributed by atoms with Crippen molar-refractivity contribution in [3.63, 3.8) is 0 Å². The first kappa shape index (κ1) is 20.1. The summed E-state index contributed by atoms with van der Waals surface area (Å²) < 4.78 is 105. The van der Waals surface area contributed by atoms with E-state index in [9.17, 15) is 35.1 Å². The molecule has 0 radical (unpaired) electrons. The van der Waals surface area contributed by atoms with Crippen molar-refractivity contribution in [3.05, 3.63) is 20.9 Å². The highest BCUT2D eigenvalue weighted by Crippen LogP contribution is 2.54. The Morgan fingerprint density at radius 3 is 1.14 bits per heavy atom. The molecule has 0 atom stereocenters. The van der Waals surface area contributed by atoms with Crippen molar-refractivity contribution in [2.45, 2.75) is 36.5 Å². The fourth-order valence-electron chi connectivity index (χ4n) is 1.24. The molecule has 0 spiro atoms. The van der Waals surface area contributed by atoms with Crippen molar-refractivity contribution in [1.29, 1.82) is 0 Å². The van der Waals surface area contributed by atoms with Gasteiger partial charge in [0.15, 0.2) is 0 Å². The molecule has 0 fully saturated rings. The van der Waals surface area contributed by atoms with Crippen molar-refractivity contribution in [2.75, 3.05) is 13.1 Å². The van der Waals surface area contributed by atoms with Crippen molar-refractivity contribution >= 4 is 0 Å². The zero-order chi connectivity index (χ0) is 17.7. The molecule has 0 aliphatic rings. The Hall–Kier alpha value is -1.94. The Morgan fingerprint density at radius 1 is 0.636 bits per heavy atom. The zero-order valence-corrected chi connectivity index (χ0v) is 10.5. The monoisotopic (exact) mass is 340 g/mol. The standard InChI is InChI=1S/C8H8F8N6/c9-5(10,1-3-19-21-17)7(13,14)8(15,16)6(11,12)2-4-20-22-18/h1-4H2. The Morgan fingerprint density at radius 2 is 0.909 bits per heavy atom. The summed E-state index contributed by atoms with van der Waals surface area (Å²) in [4.78, 5) is 3.89. The van der Waals surface area contributed by atoms with E-state index < -0.39 is 49.6 Å². The molecule has 0 aliphatic heterocycles. The first-order valence-corrected chi connectivity index (χ1v) is 5.40. The van der Waals surface area contributed by atoms with E-state index >= 15 is 0 Å². The molecule has 0 bridgehead atoms. The largest absolute Gasteiger partial charge is 0.378 e. The molecule has 0 rings (SSSR count). The highest BCUT2D eigenvalue weighted by atomic mass is 19.4. The molecule has 0 amide bonds. The van der Waals surface area contributed by atoms with Gasteiger partial charge < -0.3 is 0 Å². The third-order valence-electron chi connectivity index (χ3n) is 2.49. The summed E-state index contributed by atoms with van der Waals surface area (Å²) in [6.45, 7) is -2.58. The summed E-state index contributed by atoms with van der Waals surface area (Å²) in [6, 6.07) is 0. The van der Waals surface area contributed by atoms with Crippen LogP contribution in [0.25, 0.3) is 20.9 Å². The summed E-state index contributed by atoms with van der Waals surface area (Å²) >= 11 is 0. The van der Waals surface area contributed by atoms with Gasteiger partial charge in [0.1, 0.15) is 0 Å². The number of hydrogen-bond donors (Lipinski definition) is 0. The highest BCUT2D eigenvalue weighted by molar-refractivity contribution is 5.03. The average Bonchev–Trinajstić information content (AvgIpc) is 2.38. The second-order valence-corrected chi connectivity index (χ2v) is 3.97. The van der Waals surface area contributed by atoms with Crippen LogP contribution in [0.5, 0.6) is 0 Å². The minimum atomic E-state index is -6.41. The molecule has 0 saturated heterocycles. The first-order chi connectivity index (χ1) is 9.87. The van der Waals surface area contributed by atoms with Crippen molar-refractivity contribution in [3.8, 4) is 0 Å². The molecule has 0 aromatic heterocycles. The van der Waals surface area contributed by atoms with E-state index in [-0.39, 0.29) is 0 Å². The minimum Gasteiger partial charge on any atom is -0.200 e. The fourth-order valence-corrected chi connectivity index (χ4v) is 1.24. The van der Waals surface area contributed by atoms with Crippen LogP contribution in [0.2, 0.25) is 0 Å². The number of rotatable bonds is 9. The van der Waals surface area contributed by atoms with Gasteiger partial charge in [0.05, 0.1) is 0 Å². The number of hydrogen-bond acceptors (Lipinski definition) is 2. The molecule has 22 heavy (non-hydrogen) atoms. The van der Waals surface area contributed by atoms with Gasteiger partial charge >= 0.3 is 23.7 Å². The van der Waals surface area contributed by atoms with Crippen LogP contribution >= 0.6 is 0 Å². The molecule has 0 heterocycles. The Balaban J connectivity index is 5.42. The van der Waals surface area contributed by atoms with E-state index in [4.69, 9.17) is 11.1 Å². The lowest BCUT2D eigenvalue weighted by Crippen LogP contribution is -2.62. The number of azide groups is 2. The maximum absolute atomic E-state index is 13.2. The molecular formula is C8H8F8N6. The molecule has 0 saturated carbocycles. The SMILES string of the molecule is [N-]=[N+]=NCCC(F)(F)C(F)(F)C(F)(F)C(F)(F)CCN=[N+]=[N-]. The van der Waals surface area contributed by atoms with Gasteiger partial charge in [-0.25, -0.2) is 0 Å². The van der Waals surface area contributed by atoms with Gasteiger partial charge in [0.2, 0.25) is 0 Å². The number of alkyl halides is 8. The molecule has 0 N–H and O–H groups in total. The van der Waals surface area contributed by atoms with Gasteiger partial charge in [0, 0.05) is 35.8 Å². The maximum Gasteiger partial charge on any atom is 0.378 e. The lowest BCUT2D eigenvalue weighted by Gasteiger charge is -2.36. The van der Waals surface area contributed by atoms with Gasteiger partial charge in [-0.2, -0.15) is 35.1 Å². The summed E-state index contributed by atoms with van der Waals surface area (Å²) in [5.74, 6) is -23.9. The van der Waals surface area contributed by atoms with Gasteiger partial charge in [-0.15, -0.1) is 0 Å². The van der Waals surface area contributed by atoms with Crippen LogP contribution in [0.1, 0.15) is 12.8 Å². The summed E-state index contributed by atoms with van der Waals surface area (Å²) in [5.41, 5.74) is 15.6. The quantitative estimate of drug-likeness (QED) is 0.246. The third-order valence-corrected chi connectivity index (χ3v) is 2.49. The van der Waals surface area contributed by atoms with E-state index in [1.165, 1.54) is 0 Å². The van der Waals surface area contributed by atoms with Crippen LogP contribution in [0.3, 0.4) is 0 Å². The summed E-state index contributed by atoms with van der Waals surface area (Å²) in [5, 5.41) is 4.91. The Bertz CT molecular complexity index is 435. The first-order valence-electron chi connectivity index (χ1n) is 5.40. The number of nitrogens with zero attached hydrogens (tertiary/aromatic N) is 6. The van der Waals surface area contributed by atoms with Gasteiger partial charge in [-0.1, -0.05) is 10.2 Å². The van der Waals surface area contributed by atoms with Crippen molar-refractivity contribution in [1.82, 2.24) is 0 Å². The molecule has 0 aliphatic carbocycles. The Kier molecular flexibility index (Phi) is 6.27. The normalized spacial score (nSPS) is 13.3. The lowest BCUT2D eigenvalue weighted by atomic mass is 9.95. The average molecular weight is 340 g/mol. The van der Waals surface area contributed by atoms with Crippen molar-refractivity contribution in [2.24, 2.45) is 10.2 Å². The predicted molar refractivity (Wildman–Crippen MR) is 57.0 cm³/mol. The van der Waals surface area contributed by atoms with Crippen molar-refractivity contribution < 1.29 is 35.1 Å². The summed E-state index contributed by atoms with van der Waals surface area (Å²) in [7, 11) is 0. The molecule has 14 heteroatoms. The lowest BCUT2D eigenvalue weighted by molar-refractivity contribution is -0.366. The smallest absolute Gasteiger partial charge is 0.200 e. The summed E-state index contributed by atoms with van der Waals surface area (Å²) in [6.07, 6.45) is -4.10. The number of halogens is 8. The molecule has 0 unspecified atom stereocenters. The van der Waals surface area contributed by atoms with E-state index in [1.807, 2.05) is 9.82 Å². The van der Waals surface area contributed by atoms with E-state index in [0.717, 1.165) is 0 Å². The van der Waals surface area contributed by atoms with Gasteiger partial charge in [-0.05, 0) is 11.1 Å². The van der Waals surface area contributed by atoms with Gasteiger partial charge in [0.25, 0.3) is 0 Å². The van der Waals surface area contributed by atoms with Crippen LogP contribution in [-0.4, -0.2) is 36.8 Å². The van der Waals surface area contributed by atoms with E-state index in [2.05, 4.69) is 10.2 Å². The molecule has 0 aromatic rings. The highest BCUT2D eigenvalue weighted by Gasteiger charge is 2.79. The fraction of sp³-hybridized carbons (Fsp3) is 1.00. The molecule has 0 aromatic carbocycles. The van der Waals surface area contributed by atoms with E-state index in [0.29, 0.717) is 0 Å². The van der Waals surface area contributed by atoms with Gasteiger partial charge in [-0.3, -0.25) is 0 Å². The molecular weight excluding hydrogens is 332 g/mol. The van der Waals surface area contributed by atoms with E-state index in [1.54, 1.807) is 0 Å². The topological polar surface area (TPSA) is 97.5 Å². The second-order valence-electron chi connectivity index (χ2n) is 3.97. The maximum atomic E-state index is 13.2. The molecule has 6 nitrogen and oxygen atoms in total. The van der Waals surface area contributed by atoms with Crippen LogP contribution < -0.4 is 0 Å². The van der Waals surface area contributed by atoms with Crippen LogP contribution in [0, 0.1) is 0 Å². The van der Waals surface area contributed by atoms with Crippen LogP contribution in [-0.2, 0) is 0 Å². The third kappa shape index (κ3) is 3.83. The Labute approximate surface area is 117 Å². The van der Waals surface area contributed by atoms with Crippen LogP contribution in [0.4, 0.5) is 35.1 Å². The van der Waals surface area contributed by atoms with Crippen LogP contribution in [0.15, 0.2) is 10.2 Å². The minimum absolute atomic E-state index is 1.29. The predicted octanol–water partition coefficient (Wildman–Crippen LogP) is 4.93. The zero-order valence-electron chi connectivity index (χ0n) is 10.5. The second kappa shape index (κ2) is 6.88. The molecule has 126 valence electrons.